The van der Waals surface area contributed by atoms with Crippen LogP contribution in [0, 0.1) is 12.8 Å². The third-order valence-corrected chi connectivity index (χ3v) is 4.34. The molecule has 0 bridgehead atoms. The Balaban J connectivity index is 1.72. The van der Waals surface area contributed by atoms with E-state index < -0.39 is 5.97 Å². The van der Waals surface area contributed by atoms with Gasteiger partial charge in [0.05, 0.1) is 11.6 Å². The van der Waals surface area contributed by atoms with E-state index in [1.54, 1.807) is 22.4 Å². The molecule has 2 rings (SSSR count). The third-order valence-electron chi connectivity index (χ3n) is 3.42. The predicted octanol–water partition coefficient (Wildman–Crippen LogP) is 1.85. The van der Waals surface area contributed by atoms with Crippen molar-refractivity contribution in [2.45, 2.75) is 32.7 Å². The SMILES string of the molecule is Cc1ncc(CNC(=O)N2CCC(CCC(=O)O)C2)s1. The number of likely N-dealkylation sites (tertiary alicyclic amines) is 1. The van der Waals surface area contributed by atoms with Crippen molar-refractivity contribution in [3.63, 3.8) is 0 Å². The highest BCUT2D eigenvalue weighted by Gasteiger charge is 2.26. The lowest BCUT2D eigenvalue weighted by atomic mass is 10.0. The lowest BCUT2D eigenvalue weighted by Gasteiger charge is -2.16. The smallest absolute Gasteiger partial charge is 0.317 e. The third kappa shape index (κ3) is 4.19. The summed E-state index contributed by atoms with van der Waals surface area (Å²) in [4.78, 5) is 29.5. The van der Waals surface area contributed by atoms with Gasteiger partial charge in [0.1, 0.15) is 0 Å². The molecule has 1 aliphatic rings. The Labute approximate surface area is 121 Å². The summed E-state index contributed by atoms with van der Waals surface area (Å²) in [6.07, 6.45) is 3.49. The number of nitrogens with one attached hydrogen (secondary N) is 1. The molecule has 0 spiro atoms. The number of carbonyl (C=O) groups excluding carboxylic acids is 1. The van der Waals surface area contributed by atoms with Crippen LogP contribution in [0.25, 0.3) is 0 Å². The van der Waals surface area contributed by atoms with Crippen molar-refractivity contribution in [3.8, 4) is 0 Å². The highest BCUT2D eigenvalue weighted by atomic mass is 32.1. The number of hydrogen-bond donors (Lipinski definition) is 2. The molecule has 1 saturated heterocycles. The number of nitrogens with zero attached hydrogens (tertiary/aromatic N) is 2. The normalized spacial score (nSPS) is 18.2. The second-order valence-corrected chi connectivity index (χ2v) is 6.36. The number of carbonyl (C=O) groups is 2. The zero-order valence-electron chi connectivity index (χ0n) is 11.5. The number of rotatable bonds is 5. The Hall–Kier alpha value is -1.63. The molecular weight excluding hydrogens is 278 g/mol. The fourth-order valence-corrected chi connectivity index (χ4v) is 3.08. The van der Waals surface area contributed by atoms with Gasteiger partial charge in [0.25, 0.3) is 0 Å². The summed E-state index contributed by atoms with van der Waals surface area (Å²) in [7, 11) is 0. The molecule has 2 amide bonds. The molecule has 0 saturated carbocycles. The van der Waals surface area contributed by atoms with Gasteiger partial charge in [-0.3, -0.25) is 4.79 Å². The van der Waals surface area contributed by atoms with E-state index in [4.69, 9.17) is 5.11 Å². The summed E-state index contributed by atoms with van der Waals surface area (Å²) in [6, 6.07) is -0.0751. The molecule has 0 aliphatic carbocycles. The lowest BCUT2D eigenvalue weighted by molar-refractivity contribution is -0.137. The van der Waals surface area contributed by atoms with Crippen LogP contribution in [0.5, 0.6) is 0 Å². The second-order valence-electron chi connectivity index (χ2n) is 5.04. The van der Waals surface area contributed by atoms with Crippen LogP contribution in [-0.4, -0.2) is 40.1 Å². The minimum atomic E-state index is -0.770. The van der Waals surface area contributed by atoms with Crippen LogP contribution < -0.4 is 5.32 Å². The highest BCUT2D eigenvalue weighted by Crippen LogP contribution is 2.21. The van der Waals surface area contributed by atoms with E-state index >= 15 is 0 Å². The zero-order chi connectivity index (χ0) is 14.5. The minimum absolute atomic E-state index is 0.0751. The van der Waals surface area contributed by atoms with E-state index in [-0.39, 0.29) is 12.5 Å². The molecule has 7 heteroatoms. The number of aryl methyl sites for hydroxylation is 1. The number of carboxylic acid groups (broad SMARTS) is 1. The maximum atomic E-state index is 12.0. The number of aromatic nitrogens is 1. The van der Waals surface area contributed by atoms with Gasteiger partial charge in [0.15, 0.2) is 0 Å². The van der Waals surface area contributed by atoms with Crippen molar-refractivity contribution >= 4 is 23.3 Å². The van der Waals surface area contributed by atoms with Crippen LogP contribution in [0.1, 0.15) is 29.1 Å². The van der Waals surface area contributed by atoms with E-state index in [9.17, 15) is 9.59 Å². The fourth-order valence-electron chi connectivity index (χ4n) is 2.34. The Kier molecular flexibility index (Phi) is 4.94. The summed E-state index contributed by atoms with van der Waals surface area (Å²) >= 11 is 1.57. The molecular formula is C13H19N3O3S. The largest absolute Gasteiger partial charge is 0.481 e. The van der Waals surface area contributed by atoms with Crippen LogP contribution in [0.3, 0.4) is 0 Å². The van der Waals surface area contributed by atoms with Gasteiger partial charge in [0.2, 0.25) is 0 Å². The summed E-state index contributed by atoms with van der Waals surface area (Å²) in [5, 5.41) is 12.5. The molecule has 2 N–H and O–H groups in total. The molecule has 2 heterocycles. The number of thiazole rings is 1. The van der Waals surface area contributed by atoms with E-state index in [1.165, 1.54) is 0 Å². The number of aliphatic carboxylic acids is 1. The van der Waals surface area contributed by atoms with Crippen LogP contribution in [-0.2, 0) is 11.3 Å². The van der Waals surface area contributed by atoms with Gasteiger partial charge in [-0.1, -0.05) is 0 Å². The molecule has 1 aromatic heterocycles. The van der Waals surface area contributed by atoms with Crippen molar-refractivity contribution in [1.29, 1.82) is 0 Å². The lowest BCUT2D eigenvalue weighted by Crippen LogP contribution is -2.37. The standard InChI is InChI=1S/C13H19N3O3S/c1-9-14-6-11(20-9)7-15-13(19)16-5-4-10(8-16)2-3-12(17)18/h6,10H,2-5,7-8H2,1H3,(H,15,19)(H,17,18). The van der Waals surface area contributed by atoms with E-state index in [1.807, 2.05) is 6.92 Å². The van der Waals surface area contributed by atoms with Gasteiger partial charge in [-0.2, -0.15) is 0 Å². The first-order valence-electron chi connectivity index (χ1n) is 6.70. The first-order chi connectivity index (χ1) is 9.54. The predicted molar refractivity (Wildman–Crippen MR) is 75.6 cm³/mol. The van der Waals surface area contributed by atoms with Crippen molar-refractivity contribution in [1.82, 2.24) is 15.2 Å². The molecule has 1 unspecified atom stereocenters. The Bertz CT molecular complexity index is 489. The number of urea groups is 1. The molecule has 6 nitrogen and oxygen atoms in total. The molecule has 0 aromatic carbocycles. The maximum Gasteiger partial charge on any atom is 0.317 e. The summed E-state index contributed by atoms with van der Waals surface area (Å²) in [5.74, 6) is -0.462. The maximum absolute atomic E-state index is 12.0. The van der Waals surface area contributed by atoms with Crippen LogP contribution in [0.2, 0.25) is 0 Å². The fraction of sp³-hybridized carbons (Fsp3) is 0.615. The van der Waals surface area contributed by atoms with Gasteiger partial charge < -0.3 is 15.3 Å². The molecule has 1 aromatic rings. The number of carboxylic acids is 1. The highest BCUT2D eigenvalue weighted by molar-refractivity contribution is 7.11. The van der Waals surface area contributed by atoms with Crippen LogP contribution in [0.4, 0.5) is 4.79 Å². The monoisotopic (exact) mass is 297 g/mol. The molecule has 20 heavy (non-hydrogen) atoms. The summed E-state index contributed by atoms with van der Waals surface area (Å²) in [5.41, 5.74) is 0. The first-order valence-corrected chi connectivity index (χ1v) is 7.52. The molecule has 110 valence electrons. The Morgan fingerprint density at radius 1 is 1.60 bits per heavy atom. The molecule has 0 radical (unpaired) electrons. The summed E-state index contributed by atoms with van der Waals surface area (Å²) < 4.78 is 0. The minimum Gasteiger partial charge on any atom is -0.481 e. The van der Waals surface area contributed by atoms with Crippen molar-refractivity contribution < 1.29 is 14.7 Å². The summed E-state index contributed by atoms with van der Waals surface area (Å²) in [6.45, 7) is 3.79. The zero-order valence-corrected chi connectivity index (χ0v) is 12.3. The number of hydrogen-bond acceptors (Lipinski definition) is 4. The first kappa shape index (κ1) is 14.8. The quantitative estimate of drug-likeness (QED) is 0.869. The van der Waals surface area contributed by atoms with Gasteiger partial charge >= 0.3 is 12.0 Å². The van der Waals surface area contributed by atoms with E-state index in [2.05, 4.69) is 10.3 Å². The van der Waals surface area contributed by atoms with Gasteiger partial charge in [-0.25, -0.2) is 9.78 Å². The number of amides is 2. The average Bonchev–Trinajstić information content (AvgIpc) is 3.02. The van der Waals surface area contributed by atoms with Gasteiger partial charge in [0, 0.05) is 30.6 Å². The topological polar surface area (TPSA) is 82.5 Å². The average molecular weight is 297 g/mol. The van der Waals surface area contributed by atoms with E-state index in [0.717, 1.165) is 16.3 Å². The van der Waals surface area contributed by atoms with Gasteiger partial charge in [-0.15, -0.1) is 11.3 Å². The molecule has 1 fully saturated rings. The Morgan fingerprint density at radius 2 is 2.40 bits per heavy atom. The Morgan fingerprint density at radius 3 is 3.05 bits per heavy atom. The molecule has 1 atom stereocenters. The van der Waals surface area contributed by atoms with Crippen molar-refractivity contribution in [2.24, 2.45) is 5.92 Å². The second kappa shape index (κ2) is 6.69. The van der Waals surface area contributed by atoms with Gasteiger partial charge in [-0.05, 0) is 25.7 Å². The van der Waals surface area contributed by atoms with Crippen molar-refractivity contribution in [3.05, 3.63) is 16.1 Å². The van der Waals surface area contributed by atoms with Crippen LogP contribution in [0.15, 0.2) is 6.20 Å². The van der Waals surface area contributed by atoms with Crippen molar-refractivity contribution in [2.75, 3.05) is 13.1 Å². The van der Waals surface area contributed by atoms with E-state index in [0.29, 0.717) is 32.0 Å². The molecule has 1 aliphatic heterocycles. The van der Waals surface area contributed by atoms with Crippen LogP contribution >= 0.6 is 11.3 Å².